The molecule has 1 aromatic carbocycles. The van der Waals surface area contributed by atoms with Gasteiger partial charge < -0.3 is 20.1 Å². The van der Waals surface area contributed by atoms with Crippen LogP contribution in [-0.4, -0.2) is 31.6 Å². The summed E-state index contributed by atoms with van der Waals surface area (Å²) in [4.78, 5) is 11.7. The van der Waals surface area contributed by atoms with E-state index >= 15 is 0 Å². The zero-order valence-corrected chi connectivity index (χ0v) is 12.2. The maximum absolute atomic E-state index is 11.7. The second-order valence-corrected chi connectivity index (χ2v) is 5.26. The summed E-state index contributed by atoms with van der Waals surface area (Å²) < 4.78 is 11.1. The molecule has 1 aromatic rings. The Hall–Kier alpha value is -1.30. The minimum absolute atomic E-state index is 0.272. The quantitative estimate of drug-likeness (QED) is 0.898. The largest absolute Gasteiger partial charge is 0.350 e. The number of nitrogens with one attached hydrogen (secondary N) is 2. The summed E-state index contributed by atoms with van der Waals surface area (Å²) in [6.45, 7) is 3.77. The standard InChI is InChI=1S/C14H19ClN2O3/c1-14(19-8-3-9-20-14)6-7-16-13(18)17-12-5-2-4-11(15)10-12/h2,4-5,10H,3,6-9H2,1H3,(H2,16,17,18). The van der Waals surface area contributed by atoms with Gasteiger partial charge in [0, 0.05) is 23.7 Å². The maximum Gasteiger partial charge on any atom is 0.319 e. The number of hydrogen-bond acceptors (Lipinski definition) is 3. The van der Waals surface area contributed by atoms with E-state index in [0.29, 0.717) is 36.9 Å². The van der Waals surface area contributed by atoms with Crippen LogP contribution in [0.25, 0.3) is 0 Å². The molecule has 110 valence electrons. The van der Waals surface area contributed by atoms with E-state index in [1.807, 2.05) is 6.92 Å². The summed E-state index contributed by atoms with van der Waals surface area (Å²) in [6.07, 6.45) is 1.52. The molecule has 20 heavy (non-hydrogen) atoms. The van der Waals surface area contributed by atoms with E-state index in [9.17, 15) is 4.79 Å². The molecule has 6 heteroatoms. The number of benzene rings is 1. The van der Waals surface area contributed by atoms with Crippen molar-refractivity contribution in [2.45, 2.75) is 25.6 Å². The first kappa shape index (κ1) is 15.1. The van der Waals surface area contributed by atoms with Crippen molar-refractivity contribution in [2.24, 2.45) is 0 Å². The van der Waals surface area contributed by atoms with Crippen LogP contribution in [0, 0.1) is 0 Å². The van der Waals surface area contributed by atoms with Crippen LogP contribution in [0.15, 0.2) is 24.3 Å². The molecule has 0 aromatic heterocycles. The zero-order chi connectivity index (χ0) is 14.4. The van der Waals surface area contributed by atoms with Crippen LogP contribution >= 0.6 is 11.6 Å². The van der Waals surface area contributed by atoms with Crippen LogP contribution in [0.5, 0.6) is 0 Å². The molecule has 0 unspecified atom stereocenters. The SMILES string of the molecule is CC1(CCNC(=O)Nc2cccc(Cl)c2)OCCCO1. The highest BCUT2D eigenvalue weighted by Crippen LogP contribution is 2.21. The van der Waals surface area contributed by atoms with Crippen molar-refractivity contribution >= 4 is 23.3 Å². The van der Waals surface area contributed by atoms with E-state index in [0.717, 1.165) is 6.42 Å². The predicted octanol–water partition coefficient (Wildman–Crippen LogP) is 3.00. The van der Waals surface area contributed by atoms with E-state index in [1.54, 1.807) is 24.3 Å². The lowest BCUT2D eigenvalue weighted by Crippen LogP contribution is -2.41. The smallest absolute Gasteiger partial charge is 0.319 e. The Morgan fingerprint density at radius 1 is 1.40 bits per heavy atom. The topological polar surface area (TPSA) is 59.6 Å². The van der Waals surface area contributed by atoms with Crippen molar-refractivity contribution in [1.82, 2.24) is 5.32 Å². The number of halogens is 1. The zero-order valence-electron chi connectivity index (χ0n) is 11.4. The van der Waals surface area contributed by atoms with E-state index in [1.165, 1.54) is 0 Å². The lowest BCUT2D eigenvalue weighted by molar-refractivity contribution is -0.257. The minimum Gasteiger partial charge on any atom is -0.350 e. The summed E-state index contributed by atoms with van der Waals surface area (Å²) in [6, 6.07) is 6.73. The number of rotatable bonds is 4. The van der Waals surface area contributed by atoms with Crippen molar-refractivity contribution in [3.63, 3.8) is 0 Å². The molecule has 2 rings (SSSR count). The molecule has 1 heterocycles. The van der Waals surface area contributed by atoms with Gasteiger partial charge in [0.2, 0.25) is 0 Å². The van der Waals surface area contributed by atoms with E-state index in [2.05, 4.69) is 10.6 Å². The van der Waals surface area contributed by atoms with Gasteiger partial charge in [-0.1, -0.05) is 17.7 Å². The van der Waals surface area contributed by atoms with Crippen LogP contribution in [0.4, 0.5) is 10.5 Å². The molecule has 0 saturated carbocycles. The first-order valence-corrected chi connectivity index (χ1v) is 7.04. The number of ether oxygens (including phenoxy) is 2. The molecule has 2 N–H and O–H groups in total. The van der Waals surface area contributed by atoms with Gasteiger partial charge in [0.15, 0.2) is 5.79 Å². The lowest BCUT2D eigenvalue weighted by atomic mass is 10.2. The highest BCUT2D eigenvalue weighted by Gasteiger charge is 2.28. The molecule has 1 aliphatic heterocycles. The van der Waals surface area contributed by atoms with Crippen molar-refractivity contribution in [3.05, 3.63) is 29.3 Å². The van der Waals surface area contributed by atoms with Gasteiger partial charge in [-0.3, -0.25) is 0 Å². The first-order valence-electron chi connectivity index (χ1n) is 6.66. The van der Waals surface area contributed by atoms with E-state index in [-0.39, 0.29) is 6.03 Å². The average molecular weight is 299 g/mol. The summed E-state index contributed by atoms with van der Waals surface area (Å²) in [5.74, 6) is -0.596. The molecule has 1 fully saturated rings. The van der Waals surface area contributed by atoms with Crippen LogP contribution in [0.1, 0.15) is 19.8 Å². The predicted molar refractivity (Wildman–Crippen MR) is 78.0 cm³/mol. The van der Waals surface area contributed by atoms with Gasteiger partial charge in [0.25, 0.3) is 0 Å². The monoisotopic (exact) mass is 298 g/mol. The Morgan fingerprint density at radius 3 is 2.85 bits per heavy atom. The van der Waals surface area contributed by atoms with Crippen molar-refractivity contribution in [3.8, 4) is 0 Å². The summed E-state index contributed by atoms with van der Waals surface area (Å²) >= 11 is 5.85. The summed E-state index contributed by atoms with van der Waals surface area (Å²) in [5, 5.41) is 6.07. The second-order valence-electron chi connectivity index (χ2n) is 4.83. The number of hydrogen-bond donors (Lipinski definition) is 2. The molecule has 0 atom stereocenters. The lowest BCUT2D eigenvalue weighted by Gasteiger charge is -2.33. The normalized spacial score (nSPS) is 17.5. The fraction of sp³-hybridized carbons (Fsp3) is 0.500. The Labute approximate surface area is 123 Å². The molecule has 1 saturated heterocycles. The van der Waals surface area contributed by atoms with Gasteiger partial charge in [0.1, 0.15) is 0 Å². The molecular formula is C14H19ClN2O3. The van der Waals surface area contributed by atoms with Crippen LogP contribution < -0.4 is 10.6 Å². The molecule has 0 spiro atoms. The van der Waals surface area contributed by atoms with Crippen molar-refractivity contribution in [2.75, 3.05) is 25.1 Å². The van der Waals surface area contributed by atoms with Gasteiger partial charge in [-0.25, -0.2) is 4.79 Å². The number of amides is 2. The van der Waals surface area contributed by atoms with Crippen LogP contribution in [0.2, 0.25) is 5.02 Å². The average Bonchev–Trinajstić information content (AvgIpc) is 2.39. The molecule has 2 amide bonds. The molecule has 5 nitrogen and oxygen atoms in total. The summed E-state index contributed by atoms with van der Waals surface area (Å²) in [7, 11) is 0. The van der Waals surface area contributed by atoms with Gasteiger partial charge in [0.05, 0.1) is 13.2 Å². The van der Waals surface area contributed by atoms with Gasteiger partial charge >= 0.3 is 6.03 Å². The Balaban J connectivity index is 1.72. The number of urea groups is 1. The van der Waals surface area contributed by atoms with Crippen LogP contribution in [-0.2, 0) is 9.47 Å². The third-order valence-corrected chi connectivity index (χ3v) is 3.29. The number of carbonyl (C=O) groups excluding carboxylic acids is 1. The third kappa shape index (κ3) is 4.67. The highest BCUT2D eigenvalue weighted by atomic mass is 35.5. The molecule has 1 aliphatic rings. The maximum atomic E-state index is 11.7. The third-order valence-electron chi connectivity index (χ3n) is 3.05. The van der Waals surface area contributed by atoms with Crippen molar-refractivity contribution < 1.29 is 14.3 Å². The minimum atomic E-state index is -0.596. The number of anilines is 1. The number of carbonyl (C=O) groups is 1. The molecule has 0 bridgehead atoms. The van der Waals surface area contributed by atoms with E-state index in [4.69, 9.17) is 21.1 Å². The molecule has 0 aliphatic carbocycles. The van der Waals surface area contributed by atoms with Gasteiger partial charge in [-0.2, -0.15) is 0 Å². The fourth-order valence-corrected chi connectivity index (χ4v) is 2.16. The molecule has 0 radical (unpaired) electrons. The Morgan fingerprint density at radius 2 is 2.15 bits per heavy atom. The van der Waals surface area contributed by atoms with Crippen molar-refractivity contribution in [1.29, 1.82) is 0 Å². The van der Waals surface area contributed by atoms with Gasteiger partial charge in [-0.05, 0) is 31.5 Å². The summed E-state index contributed by atoms with van der Waals surface area (Å²) in [5.41, 5.74) is 0.659. The van der Waals surface area contributed by atoms with Crippen LogP contribution in [0.3, 0.4) is 0 Å². The molecular weight excluding hydrogens is 280 g/mol. The van der Waals surface area contributed by atoms with E-state index < -0.39 is 5.79 Å². The second kappa shape index (κ2) is 6.92. The Bertz CT molecular complexity index is 461. The highest BCUT2D eigenvalue weighted by molar-refractivity contribution is 6.30. The first-order chi connectivity index (χ1) is 9.57. The van der Waals surface area contributed by atoms with Gasteiger partial charge in [-0.15, -0.1) is 0 Å². The Kier molecular flexibility index (Phi) is 5.23. The fourth-order valence-electron chi connectivity index (χ4n) is 1.97.